The molecule has 0 saturated heterocycles. The van der Waals surface area contributed by atoms with Crippen LogP contribution in [0.25, 0.3) is 0 Å². The average molecular weight is 385 g/mol. The monoisotopic (exact) mass is 385 g/mol. The molecule has 0 aliphatic rings. The highest BCUT2D eigenvalue weighted by Crippen LogP contribution is 2.21. The Morgan fingerprint density at radius 2 is 1.64 bits per heavy atom. The number of rotatable bonds is 6. The molecule has 28 heavy (non-hydrogen) atoms. The number of amides is 3. The molecule has 0 aliphatic carbocycles. The predicted molar refractivity (Wildman–Crippen MR) is 104 cm³/mol. The van der Waals surface area contributed by atoms with Crippen LogP contribution < -0.4 is 20.9 Å². The van der Waals surface area contributed by atoms with Crippen LogP contribution in [0.3, 0.4) is 0 Å². The van der Waals surface area contributed by atoms with Crippen LogP contribution in [0.5, 0.6) is 5.75 Å². The van der Waals surface area contributed by atoms with E-state index in [1.807, 2.05) is 32.0 Å². The molecule has 0 unspecified atom stereocenters. The maximum Gasteiger partial charge on any atom is 0.411 e. The van der Waals surface area contributed by atoms with Crippen molar-refractivity contribution in [1.29, 1.82) is 0 Å². The zero-order valence-corrected chi connectivity index (χ0v) is 16.0. The van der Waals surface area contributed by atoms with Crippen LogP contribution in [-0.4, -0.2) is 31.1 Å². The van der Waals surface area contributed by atoms with Gasteiger partial charge in [-0.3, -0.25) is 25.8 Å². The number of carbonyl (C=O) groups is 3. The highest BCUT2D eigenvalue weighted by molar-refractivity contribution is 5.97. The lowest BCUT2D eigenvalue weighted by Gasteiger charge is -2.12. The number of hydrogen-bond acceptors (Lipinski definition) is 5. The molecule has 0 bridgehead atoms. The van der Waals surface area contributed by atoms with E-state index in [-0.39, 0.29) is 18.8 Å². The van der Waals surface area contributed by atoms with Crippen LogP contribution in [0.15, 0.2) is 42.5 Å². The number of carbonyl (C=O) groups excluding carboxylic acids is 3. The number of anilines is 1. The fourth-order valence-corrected chi connectivity index (χ4v) is 2.42. The summed E-state index contributed by atoms with van der Waals surface area (Å²) >= 11 is 0. The highest BCUT2D eigenvalue weighted by Gasteiger charge is 2.11. The standard InChI is InChI=1S/C20H23N3O5/c1-4-27-20(26)21-16-10-6-9-15(11-16)19(25)23-22-17(24)12-28-18-13(2)7-5-8-14(18)3/h5-11H,4,12H2,1-3H3,(H,21,26)(H,22,24)(H,23,25). The first kappa shape index (κ1) is 20.8. The summed E-state index contributed by atoms with van der Waals surface area (Å²) in [5.41, 5.74) is 7.09. The normalized spacial score (nSPS) is 9.96. The van der Waals surface area contributed by atoms with Gasteiger partial charge in [-0.25, -0.2) is 4.79 Å². The third-order valence-electron chi connectivity index (χ3n) is 3.72. The molecular formula is C20H23N3O5. The van der Waals surface area contributed by atoms with Gasteiger partial charge in [0, 0.05) is 11.3 Å². The fourth-order valence-electron chi connectivity index (χ4n) is 2.42. The first-order valence-electron chi connectivity index (χ1n) is 8.72. The Bertz CT molecular complexity index is 846. The lowest BCUT2D eigenvalue weighted by atomic mass is 10.1. The first-order chi connectivity index (χ1) is 13.4. The molecule has 2 aromatic carbocycles. The van der Waals surface area contributed by atoms with Crippen LogP contribution in [0.1, 0.15) is 28.4 Å². The summed E-state index contributed by atoms with van der Waals surface area (Å²) < 4.78 is 10.3. The van der Waals surface area contributed by atoms with Crippen molar-refractivity contribution in [2.24, 2.45) is 0 Å². The van der Waals surface area contributed by atoms with Crippen molar-refractivity contribution in [1.82, 2.24) is 10.9 Å². The molecule has 0 radical (unpaired) electrons. The zero-order chi connectivity index (χ0) is 20.5. The molecule has 8 nitrogen and oxygen atoms in total. The Balaban J connectivity index is 1.86. The molecule has 148 valence electrons. The molecule has 3 N–H and O–H groups in total. The molecule has 0 heterocycles. The van der Waals surface area contributed by atoms with Gasteiger partial charge in [-0.1, -0.05) is 24.3 Å². The van der Waals surface area contributed by atoms with Crippen molar-refractivity contribution in [3.63, 3.8) is 0 Å². The van der Waals surface area contributed by atoms with Gasteiger partial charge < -0.3 is 9.47 Å². The van der Waals surface area contributed by atoms with E-state index in [4.69, 9.17) is 9.47 Å². The van der Waals surface area contributed by atoms with E-state index in [2.05, 4.69) is 16.2 Å². The molecule has 2 aromatic rings. The number of hydrazine groups is 1. The number of para-hydroxylation sites is 1. The second kappa shape index (κ2) is 9.96. The van der Waals surface area contributed by atoms with E-state index in [0.29, 0.717) is 11.4 Å². The first-order valence-corrected chi connectivity index (χ1v) is 8.72. The van der Waals surface area contributed by atoms with Crippen LogP contribution in [-0.2, 0) is 9.53 Å². The third-order valence-corrected chi connectivity index (χ3v) is 3.72. The molecule has 0 atom stereocenters. The lowest BCUT2D eigenvalue weighted by molar-refractivity contribution is -0.123. The molecule has 0 spiro atoms. The van der Waals surface area contributed by atoms with Crippen LogP contribution in [0, 0.1) is 13.8 Å². The highest BCUT2D eigenvalue weighted by atomic mass is 16.5. The number of aryl methyl sites for hydroxylation is 2. The molecule has 0 saturated carbocycles. The quantitative estimate of drug-likeness (QED) is 0.663. The molecule has 0 fully saturated rings. The summed E-state index contributed by atoms with van der Waals surface area (Å²) in [5.74, 6) is -0.397. The second-order valence-electron chi connectivity index (χ2n) is 5.94. The van der Waals surface area contributed by atoms with Gasteiger partial charge in [-0.05, 0) is 50.1 Å². The van der Waals surface area contributed by atoms with Gasteiger partial charge in [0.05, 0.1) is 6.61 Å². The smallest absolute Gasteiger partial charge is 0.411 e. The molecule has 2 rings (SSSR count). The van der Waals surface area contributed by atoms with Gasteiger partial charge in [0.2, 0.25) is 0 Å². The van der Waals surface area contributed by atoms with Crippen molar-refractivity contribution in [3.8, 4) is 5.75 Å². The maximum absolute atomic E-state index is 12.2. The van der Waals surface area contributed by atoms with Crippen LogP contribution in [0.2, 0.25) is 0 Å². The summed E-state index contributed by atoms with van der Waals surface area (Å²) in [6, 6.07) is 11.9. The van der Waals surface area contributed by atoms with E-state index in [1.54, 1.807) is 25.1 Å². The van der Waals surface area contributed by atoms with E-state index >= 15 is 0 Å². The number of benzene rings is 2. The number of nitrogens with one attached hydrogen (secondary N) is 3. The average Bonchev–Trinajstić information content (AvgIpc) is 2.66. The Kier molecular flexibility index (Phi) is 7.38. The SMILES string of the molecule is CCOC(=O)Nc1cccc(C(=O)NNC(=O)COc2c(C)cccc2C)c1. The topological polar surface area (TPSA) is 106 Å². The summed E-state index contributed by atoms with van der Waals surface area (Å²) in [6.07, 6.45) is -0.614. The Morgan fingerprint density at radius 3 is 2.32 bits per heavy atom. The van der Waals surface area contributed by atoms with Crippen molar-refractivity contribution in [2.75, 3.05) is 18.5 Å². The van der Waals surface area contributed by atoms with Gasteiger partial charge in [-0.15, -0.1) is 0 Å². The van der Waals surface area contributed by atoms with Gasteiger partial charge in [-0.2, -0.15) is 0 Å². The fraction of sp³-hybridized carbons (Fsp3) is 0.250. The summed E-state index contributed by atoms with van der Waals surface area (Å²) in [7, 11) is 0. The summed E-state index contributed by atoms with van der Waals surface area (Å²) in [4.78, 5) is 35.6. The van der Waals surface area contributed by atoms with Crippen LogP contribution in [0.4, 0.5) is 10.5 Å². The molecule has 0 aliphatic heterocycles. The molecular weight excluding hydrogens is 362 g/mol. The molecule has 0 aromatic heterocycles. The zero-order valence-electron chi connectivity index (χ0n) is 16.0. The van der Waals surface area contributed by atoms with Gasteiger partial charge >= 0.3 is 6.09 Å². The van der Waals surface area contributed by atoms with Gasteiger partial charge in [0.1, 0.15) is 5.75 Å². The minimum Gasteiger partial charge on any atom is -0.483 e. The summed E-state index contributed by atoms with van der Waals surface area (Å²) in [6.45, 7) is 5.47. The second-order valence-corrected chi connectivity index (χ2v) is 5.94. The van der Waals surface area contributed by atoms with Gasteiger partial charge in [0.15, 0.2) is 6.61 Å². The Hall–Kier alpha value is -3.55. The predicted octanol–water partition coefficient (Wildman–Crippen LogP) is 2.71. The third kappa shape index (κ3) is 6.01. The van der Waals surface area contributed by atoms with Crippen molar-refractivity contribution < 1.29 is 23.9 Å². The number of ether oxygens (including phenoxy) is 2. The van der Waals surface area contributed by atoms with Crippen molar-refractivity contribution in [2.45, 2.75) is 20.8 Å². The van der Waals surface area contributed by atoms with Crippen molar-refractivity contribution in [3.05, 3.63) is 59.2 Å². The minimum absolute atomic E-state index is 0.238. The largest absolute Gasteiger partial charge is 0.483 e. The lowest BCUT2D eigenvalue weighted by Crippen LogP contribution is -2.43. The summed E-state index contributed by atoms with van der Waals surface area (Å²) in [5, 5.41) is 2.50. The Labute approximate surface area is 163 Å². The number of hydrogen-bond donors (Lipinski definition) is 3. The van der Waals surface area contributed by atoms with Gasteiger partial charge in [0.25, 0.3) is 11.8 Å². The Morgan fingerprint density at radius 1 is 0.964 bits per heavy atom. The minimum atomic E-state index is -0.614. The van der Waals surface area contributed by atoms with E-state index in [1.165, 1.54) is 6.07 Å². The van der Waals surface area contributed by atoms with E-state index < -0.39 is 17.9 Å². The molecule has 3 amide bonds. The maximum atomic E-state index is 12.2. The van der Waals surface area contributed by atoms with Crippen LogP contribution >= 0.6 is 0 Å². The van der Waals surface area contributed by atoms with E-state index in [9.17, 15) is 14.4 Å². The van der Waals surface area contributed by atoms with Crippen molar-refractivity contribution >= 4 is 23.6 Å². The van der Waals surface area contributed by atoms with E-state index in [0.717, 1.165) is 11.1 Å². The molecule has 8 heteroatoms.